The Balaban J connectivity index is 1.90. The Bertz CT molecular complexity index is 338. The van der Waals surface area contributed by atoms with Crippen LogP contribution >= 0.6 is 11.8 Å². The van der Waals surface area contributed by atoms with Crippen molar-refractivity contribution in [1.29, 1.82) is 0 Å². The van der Waals surface area contributed by atoms with Crippen molar-refractivity contribution in [3.05, 3.63) is 0 Å². The van der Waals surface area contributed by atoms with E-state index in [1.807, 2.05) is 0 Å². The number of rotatable bonds is 6. The van der Waals surface area contributed by atoms with Gasteiger partial charge in [0.1, 0.15) is 0 Å². The highest BCUT2D eigenvalue weighted by molar-refractivity contribution is 8.00. The lowest BCUT2D eigenvalue weighted by molar-refractivity contribution is -0.142. The summed E-state index contributed by atoms with van der Waals surface area (Å²) in [6, 6.07) is 0. The Morgan fingerprint density at radius 1 is 1.35 bits per heavy atom. The summed E-state index contributed by atoms with van der Waals surface area (Å²) in [4.78, 5) is 25.6. The lowest BCUT2D eigenvalue weighted by atomic mass is 10.2. The highest BCUT2D eigenvalue weighted by atomic mass is 32.2. The quantitative estimate of drug-likeness (QED) is 0.695. The third kappa shape index (κ3) is 4.38. The molecular formula is C14H23NO4S. The van der Waals surface area contributed by atoms with E-state index >= 15 is 0 Å². The Hall–Kier alpha value is -0.750. The SMILES string of the molecule is COC(=O)CCN(CC1CCCO1)C(=O)C1CCCS1. The molecule has 6 heteroatoms. The molecule has 114 valence electrons. The molecule has 2 heterocycles. The second kappa shape index (κ2) is 7.88. The second-order valence-corrected chi connectivity index (χ2v) is 6.56. The summed E-state index contributed by atoms with van der Waals surface area (Å²) in [5.41, 5.74) is 0. The molecule has 2 unspecified atom stereocenters. The summed E-state index contributed by atoms with van der Waals surface area (Å²) in [6.45, 7) is 1.82. The van der Waals surface area contributed by atoms with Gasteiger partial charge in [0.2, 0.25) is 5.91 Å². The van der Waals surface area contributed by atoms with E-state index in [1.165, 1.54) is 7.11 Å². The van der Waals surface area contributed by atoms with Gasteiger partial charge in [-0.05, 0) is 31.4 Å². The van der Waals surface area contributed by atoms with Crippen molar-refractivity contribution in [1.82, 2.24) is 4.90 Å². The zero-order valence-corrected chi connectivity index (χ0v) is 12.8. The minimum atomic E-state index is -0.269. The molecular weight excluding hydrogens is 278 g/mol. The predicted octanol–water partition coefficient (Wildman–Crippen LogP) is 1.45. The first kappa shape index (κ1) is 15.6. The molecule has 0 N–H and O–H groups in total. The van der Waals surface area contributed by atoms with Gasteiger partial charge in [-0.3, -0.25) is 9.59 Å². The van der Waals surface area contributed by atoms with Crippen molar-refractivity contribution in [2.75, 3.05) is 32.6 Å². The summed E-state index contributed by atoms with van der Waals surface area (Å²) < 4.78 is 10.3. The first-order valence-electron chi connectivity index (χ1n) is 7.29. The molecule has 0 saturated carbocycles. The van der Waals surface area contributed by atoms with Crippen LogP contribution in [0.3, 0.4) is 0 Å². The number of hydrogen-bond donors (Lipinski definition) is 0. The van der Waals surface area contributed by atoms with E-state index in [2.05, 4.69) is 4.74 Å². The first-order valence-corrected chi connectivity index (χ1v) is 8.34. The predicted molar refractivity (Wildman–Crippen MR) is 77.7 cm³/mol. The second-order valence-electron chi connectivity index (χ2n) is 5.25. The summed E-state index contributed by atoms with van der Waals surface area (Å²) in [5, 5.41) is 0.0639. The number of carbonyl (C=O) groups is 2. The summed E-state index contributed by atoms with van der Waals surface area (Å²) >= 11 is 1.73. The average Bonchev–Trinajstić information content (AvgIpc) is 3.14. The normalized spacial score (nSPS) is 25.6. The van der Waals surface area contributed by atoms with Gasteiger partial charge in [0.15, 0.2) is 0 Å². The van der Waals surface area contributed by atoms with Gasteiger partial charge in [0.25, 0.3) is 0 Å². The molecule has 0 aromatic rings. The van der Waals surface area contributed by atoms with E-state index in [1.54, 1.807) is 16.7 Å². The van der Waals surface area contributed by atoms with Gasteiger partial charge in [-0.2, -0.15) is 0 Å². The molecule has 2 rings (SSSR count). The van der Waals surface area contributed by atoms with E-state index in [-0.39, 0.29) is 29.7 Å². The van der Waals surface area contributed by atoms with Gasteiger partial charge >= 0.3 is 5.97 Å². The molecule has 2 fully saturated rings. The zero-order valence-electron chi connectivity index (χ0n) is 12.0. The maximum Gasteiger partial charge on any atom is 0.307 e. The molecule has 0 radical (unpaired) electrons. The van der Waals surface area contributed by atoms with Crippen LogP contribution in [0.25, 0.3) is 0 Å². The maximum absolute atomic E-state index is 12.5. The summed E-state index contributed by atoms with van der Waals surface area (Å²) in [5.74, 6) is 0.947. The number of esters is 1. The van der Waals surface area contributed by atoms with Crippen LogP contribution in [0, 0.1) is 0 Å². The van der Waals surface area contributed by atoms with Crippen molar-refractivity contribution in [2.45, 2.75) is 43.5 Å². The molecule has 0 bridgehead atoms. The van der Waals surface area contributed by atoms with Crippen molar-refractivity contribution in [3.63, 3.8) is 0 Å². The lowest BCUT2D eigenvalue weighted by Crippen LogP contribution is -2.42. The van der Waals surface area contributed by atoms with E-state index < -0.39 is 0 Å². The monoisotopic (exact) mass is 301 g/mol. The number of amides is 1. The fraction of sp³-hybridized carbons (Fsp3) is 0.857. The molecule has 1 amide bonds. The van der Waals surface area contributed by atoms with Crippen molar-refractivity contribution < 1.29 is 19.1 Å². The Morgan fingerprint density at radius 3 is 2.80 bits per heavy atom. The average molecular weight is 301 g/mol. The number of methoxy groups -OCH3 is 1. The van der Waals surface area contributed by atoms with Crippen LogP contribution in [0.15, 0.2) is 0 Å². The van der Waals surface area contributed by atoms with Crippen LogP contribution in [-0.4, -0.2) is 60.7 Å². The molecule has 0 aliphatic carbocycles. The lowest BCUT2D eigenvalue weighted by Gasteiger charge is -2.27. The largest absolute Gasteiger partial charge is 0.469 e. The molecule has 0 aromatic carbocycles. The van der Waals surface area contributed by atoms with Crippen LogP contribution in [0.4, 0.5) is 0 Å². The molecule has 2 saturated heterocycles. The van der Waals surface area contributed by atoms with Gasteiger partial charge < -0.3 is 14.4 Å². The standard InChI is InChI=1S/C14H23NO4S/c1-18-13(16)6-7-15(10-11-4-2-8-19-11)14(17)12-5-3-9-20-12/h11-12H,2-10H2,1H3. The Kier molecular flexibility index (Phi) is 6.16. The third-order valence-corrected chi connectivity index (χ3v) is 5.14. The number of nitrogens with zero attached hydrogens (tertiary/aromatic N) is 1. The third-order valence-electron chi connectivity index (χ3n) is 3.78. The fourth-order valence-corrected chi connectivity index (χ4v) is 3.87. The van der Waals surface area contributed by atoms with Crippen LogP contribution in [0.1, 0.15) is 32.1 Å². The van der Waals surface area contributed by atoms with Crippen LogP contribution in [0.2, 0.25) is 0 Å². The molecule has 0 aromatic heterocycles. The fourth-order valence-electron chi connectivity index (χ4n) is 2.63. The van der Waals surface area contributed by atoms with E-state index in [9.17, 15) is 9.59 Å². The number of thioether (sulfide) groups is 1. The number of hydrogen-bond acceptors (Lipinski definition) is 5. The van der Waals surface area contributed by atoms with E-state index in [4.69, 9.17) is 4.74 Å². The maximum atomic E-state index is 12.5. The Labute approximate surface area is 124 Å². The van der Waals surface area contributed by atoms with Gasteiger partial charge in [-0.25, -0.2) is 0 Å². The van der Waals surface area contributed by atoms with Crippen molar-refractivity contribution in [3.8, 4) is 0 Å². The van der Waals surface area contributed by atoms with E-state index in [0.29, 0.717) is 13.1 Å². The minimum absolute atomic E-state index is 0.0639. The van der Waals surface area contributed by atoms with Gasteiger partial charge in [-0.15, -0.1) is 11.8 Å². The highest BCUT2D eigenvalue weighted by Crippen LogP contribution is 2.28. The van der Waals surface area contributed by atoms with E-state index in [0.717, 1.165) is 38.0 Å². The van der Waals surface area contributed by atoms with Crippen LogP contribution in [0.5, 0.6) is 0 Å². The molecule has 2 aliphatic heterocycles. The van der Waals surface area contributed by atoms with Crippen molar-refractivity contribution in [2.24, 2.45) is 0 Å². The van der Waals surface area contributed by atoms with Crippen LogP contribution in [-0.2, 0) is 19.1 Å². The Morgan fingerprint density at radius 2 is 2.20 bits per heavy atom. The van der Waals surface area contributed by atoms with Crippen LogP contribution < -0.4 is 0 Å². The van der Waals surface area contributed by atoms with Crippen molar-refractivity contribution >= 4 is 23.6 Å². The molecule has 0 spiro atoms. The highest BCUT2D eigenvalue weighted by Gasteiger charge is 2.30. The molecule has 20 heavy (non-hydrogen) atoms. The van der Waals surface area contributed by atoms with Gasteiger partial charge in [0, 0.05) is 19.7 Å². The number of ether oxygens (including phenoxy) is 2. The zero-order chi connectivity index (χ0) is 14.4. The van der Waals surface area contributed by atoms with Gasteiger partial charge in [0.05, 0.1) is 24.9 Å². The summed E-state index contributed by atoms with van der Waals surface area (Å²) in [7, 11) is 1.38. The summed E-state index contributed by atoms with van der Waals surface area (Å²) in [6.07, 6.45) is 4.49. The molecule has 2 atom stereocenters. The smallest absolute Gasteiger partial charge is 0.307 e. The number of carbonyl (C=O) groups excluding carboxylic acids is 2. The molecule has 2 aliphatic rings. The van der Waals surface area contributed by atoms with Gasteiger partial charge in [-0.1, -0.05) is 0 Å². The first-order chi connectivity index (χ1) is 9.70. The molecule has 5 nitrogen and oxygen atoms in total. The minimum Gasteiger partial charge on any atom is -0.469 e. The topological polar surface area (TPSA) is 55.8 Å².